The predicted molar refractivity (Wildman–Crippen MR) is 93.4 cm³/mol. The zero-order valence-electron chi connectivity index (χ0n) is 14.3. The first-order chi connectivity index (χ1) is 11.1. The molecule has 1 fully saturated rings. The van der Waals surface area contributed by atoms with Crippen LogP contribution in [0.15, 0.2) is 12.3 Å². The Bertz CT molecular complexity index is 742. The van der Waals surface area contributed by atoms with Gasteiger partial charge in [-0.05, 0) is 25.6 Å². The van der Waals surface area contributed by atoms with Gasteiger partial charge in [0.15, 0.2) is 17.0 Å². The lowest BCUT2D eigenvalue weighted by molar-refractivity contribution is 0.311. The van der Waals surface area contributed by atoms with Gasteiger partial charge in [0.25, 0.3) is 0 Å². The van der Waals surface area contributed by atoms with E-state index in [0.29, 0.717) is 17.0 Å². The number of aryl methyl sites for hydroxylation is 1. The van der Waals surface area contributed by atoms with E-state index in [4.69, 9.17) is 10.8 Å². The molecule has 0 aromatic carbocycles. The van der Waals surface area contributed by atoms with Gasteiger partial charge in [-0.1, -0.05) is 13.8 Å². The second-order valence-corrected chi connectivity index (χ2v) is 5.43. The third kappa shape index (κ3) is 3.39. The van der Waals surface area contributed by atoms with Crippen molar-refractivity contribution < 1.29 is 0 Å². The van der Waals surface area contributed by atoms with Crippen LogP contribution in [-0.2, 0) is 0 Å². The number of rotatable bonds is 2. The van der Waals surface area contributed by atoms with Crippen LogP contribution in [-0.4, -0.2) is 59.0 Å². The van der Waals surface area contributed by atoms with Crippen molar-refractivity contribution in [2.24, 2.45) is 0 Å². The molecule has 7 nitrogen and oxygen atoms in total. The molecule has 2 aromatic heterocycles. The molecular formula is C16H25N7. The lowest BCUT2D eigenvalue weighted by Crippen LogP contribution is -2.47. The molecule has 2 aromatic rings. The van der Waals surface area contributed by atoms with Gasteiger partial charge >= 0.3 is 0 Å². The smallest absolute Gasteiger partial charge is 0.178 e. The maximum Gasteiger partial charge on any atom is 0.178 e. The highest BCUT2D eigenvalue weighted by Gasteiger charge is 2.19. The van der Waals surface area contributed by atoms with Crippen LogP contribution in [0.5, 0.6) is 0 Å². The molecule has 0 radical (unpaired) electrons. The van der Waals surface area contributed by atoms with Gasteiger partial charge in [0.05, 0.1) is 11.9 Å². The van der Waals surface area contributed by atoms with Crippen LogP contribution in [0.1, 0.15) is 19.4 Å². The lowest BCUT2D eigenvalue weighted by atomic mass is 10.3. The molecule has 3 rings (SSSR count). The Labute approximate surface area is 136 Å². The number of piperazine rings is 1. The third-order valence-corrected chi connectivity index (χ3v) is 3.84. The number of likely N-dealkylation sites (N-methyl/N-ethyl adjacent to an activating group) is 1. The standard InChI is InChI=1S/C14H19N7.C2H6/c1-10-7-11-13(17-8-10)18-14(12(16)21(11)9-15)20-5-3-19(2)4-6-20;1-2/h7-9,15-16H,3-6H2,1-2H3;1-2H3. The van der Waals surface area contributed by atoms with Gasteiger partial charge in [0, 0.05) is 32.4 Å². The monoisotopic (exact) mass is 315 g/mol. The molecule has 1 saturated heterocycles. The van der Waals surface area contributed by atoms with Crippen molar-refractivity contribution in [3.8, 4) is 0 Å². The molecule has 3 heterocycles. The van der Waals surface area contributed by atoms with Crippen molar-refractivity contribution in [3.05, 3.63) is 23.3 Å². The van der Waals surface area contributed by atoms with E-state index in [1.54, 1.807) is 6.20 Å². The Morgan fingerprint density at radius 3 is 2.43 bits per heavy atom. The SMILES string of the molecule is CC.Cc1cnc2nc(N3CCN(C)CC3)c(=N)n(C=N)c2c1. The normalized spacial score (nSPS) is 15.2. The minimum atomic E-state index is 0.245. The number of anilines is 1. The summed E-state index contributed by atoms with van der Waals surface area (Å²) in [6.07, 6.45) is 2.92. The van der Waals surface area contributed by atoms with E-state index in [9.17, 15) is 0 Å². The van der Waals surface area contributed by atoms with Crippen molar-refractivity contribution in [1.29, 1.82) is 10.8 Å². The van der Waals surface area contributed by atoms with Gasteiger partial charge in [0.1, 0.15) is 0 Å². The molecule has 23 heavy (non-hydrogen) atoms. The summed E-state index contributed by atoms with van der Waals surface area (Å²) in [6, 6.07) is 1.91. The van der Waals surface area contributed by atoms with Crippen molar-refractivity contribution in [3.63, 3.8) is 0 Å². The van der Waals surface area contributed by atoms with Crippen molar-refractivity contribution in [2.75, 3.05) is 38.1 Å². The van der Waals surface area contributed by atoms with Crippen LogP contribution in [0.4, 0.5) is 5.82 Å². The van der Waals surface area contributed by atoms with E-state index in [2.05, 4.69) is 26.8 Å². The summed E-state index contributed by atoms with van der Waals surface area (Å²) in [5.74, 6) is 0.607. The van der Waals surface area contributed by atoms with Gasteiger partial charge < -0.3 is 9.80 Å². The Hall–Kier alpha value is -2.28. The summed E-state index contributed by atoms with van der Waals surface area (Å²) < 4.78 is 1.54. The number of aromatic nitrogens is 3. The second-order valence-electron chi connectivity index (χ2n) is 5.43. The first kappa shape index (κ1) is 17.1. The van der Waals surface area contributed by atoms with E-state index in [1.807, 2.05) is 26.8 Å². The highest BCUT2D eigenvalue weighted by Crippen LogP contribution is 2.14. The van der Waals surface area contributed by atoms with Crippen LogP contribution in [0.25, 0.3) is 11.2 Å². The molecule has 2 N–H and O–H groups in total. The molecule has 7 heteroatoms. The average molecular weight is 315 g/mol. The zero-order chi connectivity index (χ0) is 17.0. The Kier molecular flexibility index (Phi) is 5.44. The van der Waals surface area contributed by atoms with Crippen LogP contribution in [0, 0.1) is 17.7 Å². The van der Waals surface area contributed by atoms with E-state index < -0.39 is 0 Å². The number of fused-ring (bicyclic) bond motifs is 1. The Morgan fingerprint density at radius 1 is 1.17 bits per heavy atom. The second kappa shape index (κ2) is 7.32. The summed E-state index contributed by atoms with van der Waals surface area (Å²) in [4.78, 5) is 13.3. The number of pyridine rings is 1. The fraction of sp³-hybridized carbons (Fsp3) is 0.500. The van der Waals surface area contributed by atoms with E-state index >= 15 is 0 Å². The van der Waals surface area contributed by atoms with Gasteiger partial charge in [0.2, 0.25) is 0 Å². The molecule has 1 aliphatic heterocycles. The van der Waals surface area contributed by atoms with Crippen LogP contribution >= 0.6 is 0 Å². The maximum absolute atomic E-state index is 8.35. The summed E-state index contributed by atoms with van der Waals surface area (Å²) >= 11 is 0. The summed E-state index contributed by atoms with van der Waals surface area (Å²) in [6.45, 7) is 9.52. The largest absolute Gasteiger partial charge is 0.351 e. The van der Waals surface area contributed by atoms with Crippen molar-refractivity contribution in [1.82, 2.24) is 19.4 Å². The molecule has 0 unspecified atom stereocenters. The van der Waals surface area contributed by atoms with E-state index in [1.165, 1.54) is 4.57 Å². The van der Waals surface area contributed by atoms with Gasteiger partial charge in [-0.25, -0.2) is 9.97 Å². The van der Waals surface area contributed by atoms with Crippen LogP contribution in [0.2, 0.25) is 0 Å². The predicted octanol–water partition coefficient (Wildman–Crippen LogP) is 1.45. The quantitative estimate of drug-likeness (QED) is 0.649. The average Bonchev–Trinajstić information content (AvgIpc) is 2.57. The molecule has 0 saturated carbocycles. The van der Waals surface area contributed by atoms with Gasteiger partial charge in [-0.15, -0.1) is 0 Å². The first-order valence-corrected chi connectivity index (χ1v) is 7.97. The molecule has 0 amide bonds. The van der Waals surface area contributed by atoms with Crippen LogP contribution in [0.3, 0.4) is 0 Å². The zero-order valence-corrected chi connectivity index (χ0v) is 14.3. The summed E-state index contributed by atoms with van der Waals surface area (Å²) in [7, 11) is 2.09. The fourth-order valence-corrected chi connectivity index (χ4v) is 2.56. The Morgan fingerprint density at radius 2 is 1.83 bits per heavy atom. The molecule has 0 atom stereocenters. The molecular weight excluding hydrogens is 290 g/mol. The van der Waals surface area contributed by atoms with E-state index in [0.717, 1.165) is 38.1 Å². The van der Waals surface area contributed by atoms with Gasteiger partial charge in [-0.3, -0.25) is 15.4 Å². The maximum atomic E-state index is 8.35. The van der Waals surface area contributed by atoms with Crippen molar-refractivity contribution >= 4 is 23.3 Å². The molecule has 0 aliphatic carbocycles. The number of hydrogen-bond donors (Lipinski definition) is 2. The molecule has 124 valence electrons. The first-order valence-electron chi connectivity index (χ1n) is 7.97. The number of nitrogens with one attached hydrogen (secondary N) is 2. The molecule has 0 spiro atoms. The topological polar surface area (TPSA) is 84.9 Å². The highest BCUT2D eigenvalue weighted by atomic mass is 15.3. The third-order valence-electron chi connectivity index (χ3n) is 3.84. The minimum absolute atomic E-state index is 0.245. The van der Waals surface area contributed by atoms with Crippen molar-refractivity contribution in [2.45, 2.75) is 20.8 Å². The van der Waals surface area contributed by atoms with Gasteiger partial charge in [-0.2, -0.15) is 0 Å². The highest BCUT2D eigenvalue weighted by molar-refractivity contribution is 5.80. The molecule has 0 bridgehead atoms. The Balaban J connectivity index is 0.000000924. The summed E-state index contributed by atoms with van der Waals surface area (Å²) in [5.41, 5.74) is 2.52. The fourth-order valence-electron chi connectivity index (χ4n) is 2.56. The van der Waals surface area contributed by atoms with E-state index in [-0.39, 0.29) is 5.49 Å². The van der Waals surface area contributed by atoms with Crippen LogP contribution < -0.4 is 10.4 Å². The molecule has 1 aliphatic rings. The number of nitrogens with zero attached hydrogens (tertiary/aromatic N) is 5. The minimum Gasteiger partial charge on any atom is -0.351 e. The summed E-state index contributed by atoms with van der Waals surface area (Å²) in [5, 5.41) is 16.0. The number of hydrogen-bond acceptors (Lipinski definition) is 6. The lowest BCUT2D eigenvalue weighted by Gasteiger charge is -2.33.